The zero-order valence-electron chi connectivity index (χ0n) is 20.1. The second-order valence-electron chi connectivity index (χ2n) is 9.62. The van der Waals surface area contributed by atoms with E-state index in [1.165, 1.54) is 0 Å². The normalized spacial score (nSPS) is 21.8. The van der Waals surface area contributed by atoms with E-state index in [2.05, 4.69) is 23.6 Å². The van der Waals surface area contributed by atoms with Gasteiger partial charge >= 0.3 is 0 Å². The summed E-state index contributed by atoms with van der Waals surface area (Å²) >= 11 is 0. The zero-order chi connectivity index (χ0) is 23.7. The molecule has 3 atom stereocenters. The Hall–Kier alpha value is -3.39. The minimum atomic E-state index is 0.0115. The van der Waals surface area contributed by atoms with Gasteiger partial charge in [0.05, 0.1) is 18.3 Å². The van der Waals surface area contributed by atoms with E-state index in [0.717, 1.165) is 65.2 Å². The molecule has 1 saturated heterocycles. The summed E-state index contributed by atoms with van der Waals surface area (Å²) in [5.41, 5.74) is 11.5. The fourth-order valence-corrected chi connectivity index (χ4v) is 5.99. The molecule has 1 aliphatic carbocycles. The highest BCUT2D eigenvalue weighted by atomic mass is 16.5. The molecule has 8 nitrogen and oxygen atoms in total. The molecule has 1 aliphatic heterocycles. The Balaban J connectivity index is 1.48. The predicted molar refractivity (Wildman–Crippen MR) is 132 cm³/mol. The Morgan fingerprint density at radius 3 is 2.71 bits per heavy atom. The Bertz CT molecular complexity index is 1450. The SMILES string of the molecule is CCn1c(-c2nc3cc(C(=O)N4C[C@H]5CC[C@@H]4[C@@H]5N)cc(OC)c3n2C)cc2ccc(C)nc21. The van der Waals surface area contributed by atoms with Gasteiger partial charge in [-0.1, -0.05) is 0 Å². The second-order valence-corrected chi connectivity index (χ2v) is 9.62. The molecule has 3 aromatic heterocycles. The van der Waals surface area contributed by atoms with Crippen LogP contribution in [0.4, 0.5) is 0 Å². The Labute approximate surface area is 198 Å². The molecule has 1 amide bonds. The van der Waals surface area contributed by atoms with Crippen molar-refractivity contribution in [2.45, 2.75) is 45.3 Å². The molecule has 0 spiro atoms. The van der Waals surface area contributed by atoms with Gasteiger partial charge in [0.25, 0.3) is 5.91 Å². The highest BCUT2D eigenvalue weighted by Crippen LogP contribution is 2.39. The number of benzene rings is 1. The van der Waals surface area contributed by atoms with Gasteiger partial charge < -0.3 is 24.5 Å². The summed E-state index contributed by atoms with van der Waals surface area (Å²) in [6.45, 7) is 5.63. The number of likely N-dealkylation sites (tertiary alicyclic amines) is 1. The van der Waals surface area contributed by atoms with Crippen LogP contribution >= 0.6 is 0 Å². The third kappa shape index (κ3) is 2.91. The van der Waals surface area contributed by atoms with Gasteiger partial charge in [0.1, 0.15) is 16.9 Å². The number of carbonyl (C=O) groups is 1. The standard InChI is InChI=1S/C26H30N6O2/c1-5-31-20(11-15-7-6-14(2)28-24(15)31)25-29-18-10-17(12-21(34-4)23(18)30(25)3)26(33)32-13-16-8-9-19(32)22(16)27/h6-7,10-12,16,19,22H,5,8-9,13,27H2,1-4H3/t16-,19-,22-/m1/s1. The van der Waals surface area contributed by atoms with E-state index in [1.54, 1.807) is 7.11 Å². The number of methoxy groups -OCH3 is 1. The van der Waals surface area contributed by atoms with Crippen molar-refractivity contribution < 1.29 is 9.53 Å². The lowest BCUT2D eigenvalue weighted by Crippen LogP contribution is -2.41. The average molecular weight is 459 g/mol. The second kappa shape index (κ2) is 7.56. The molecule has 1 aromatic carbocycles. The largest absolute Gasteiger partial charge is 0.494 e. The molecule has 2 bridgehead atoms. The Kier molecular flexibility index (Phi) is 4.71. The van der Waals surface area contributed by atoms with Crippen molar-refractivity contribution >= 4 is 28.0 Å². The van der Waals surface area contributed by atoms with Gasteiger partial charge in [0, 0.05) is 48.9 Å². The molecule has 176 valence electrons. The summed E-state index contributed by atoms with van der Waals surface area (Å²) in [5.74, 6) is 1.88. The molecule has 34 heavy (non-hydrogen) atoms. The summed E-state index contributed by atoms with van der Waals surface area (Å²) in [7, 11) is 3.63. The van der Waals surface area contributed by atoms with Crippen LogP contribution in [0.25, 0.3) is 33.6 Å². The van der Waals surface area contributed by atoms with Crippen LogP contribution in [0.1, 0.15) is 35.8 Å². The van der Waals surface area contributed by atoms with Crippen LogP contribution in [0.2, 0.25) is 0 Å². The maximum atomic E-state index is 13.5. The van der Waals surface area contributed by atoms with Crippen LogP contribution in [-0.4, -0.2) is 55.6 Å². The van der Waals surface area contributed by atoms with Crippen LogP contribution in [0.3, 0.4) is 0 Å². The molecule has 2 fully saturated rings. The van der Waals surface area contributed by atoms with Crippen molar-refractivity contribution in [1.29, 1.82) is 0 Å². The van der Waals surface area contributed by atoms with Gasteiger partial charge in [-0.05, 0) is 62.9 Å². The minimum Gasteiger partial charge on any atom is -0.494 e. The molecule has 4 heterocycles. The number of imidazole rings is 1. The molecule has 4 aromatic rings. The molecule has 0 unspecified atom stereocenters. The van der Waals surface area contributed by atoms with Crippen LogP contribution in [0.15, 0.2) is 30.3 Å². The third-order valence-electron chi connectivity index (χ3n) is 7.74. The minimum absolute atomic E-state index is 0.0115. The van der Waals surface area contributed by atoms with Crippen molar-refractivity contribution in [3.63, 3.8) is 0 Å². The summed E-state index contributed by atoms with van der Waals surface area (Å²) in [5, 5.41) is 1.08. The fourth-order valence-electron chi connectivity index (χ4n) is 5.99. The molecule has 0 radical (unpaired) electrons. The maximum absolute atomic E-state index is 13.5. The van der Waals surface area contributed by atoms with E-state index in [-0.39, 0.29) is 18.0 Å². The van der Waals surface area contributed by atoms with Gasteiger partial charge in [-0.3, -0.25) is 4.79 Å². The molecular weight excluding hydrogens is 428 g/mol. The van der Waals surface area contributed by atoms with E-state index in [0.29, 0.717) is 17.2 Å². The lowest BCUT2D eigenvalue weighted by atomic mass is 10.1. The van der Waals surface area contributed by atoms with Crippen molar-refractivity contribution in [2.75, 3.05) is 13.7 Å². The number of fused-ring (bicyclic) bond motifs is 4. The number of nitrogens with two attached hydrogens (primary N) is 1. The number of pyridine rings is 1. The smallest absolute Gasteiger partial charge is 0.254 e. The molecule has 1 saturated carbocycles. The van der Waals surface area contributed by atoms with Crippen molar-refractivity contribution in [3.05, 3.63) is 41.6 Å². The number of hydrogen-bond donors (Lipinski definition) is 1. The summed E-state index contributed by atoms with van der Waals surface area (Å²) in [4.78, 5) is 25.2. The summed E-state index contributed by atoms with van der Waals surface area (Å²) in [6, 6.07) is 10.2. The first kappa shape index (κ1) is 21.2. The monoisotopic (exact) mass is 458 g/mol. The number of aromatic nitrogens is 4. The summed E-state index contributed by atoms with van der Waals surface area (Å²) < 4.78 is 9.98. The third-order valence-corrected chi connectivity index (χ3v) is 7.74. The number of carbonyl (C=O) groups excluding carboxylic acids is 1. The number of hydrogen-bond acceptors (Lipinski definition) is 5. The highest BCUT2D eigenvalue weighted by molar-refractivity contribution is 6.00. The molecule has 6 rings (SSSR count). The first-order valence-corrected chi connectivity index (χ1v) is 12.0. The van der Waals surface area contributed by atoms with Crippen molar-refractivity contribution in [1.82, 2.24) is 24.0 Å². The predicted octanol–water partition coefficient (Wildman–Crippen LogP) is 3.49. The van der Waals surface area contributed by atoms with Crippen LogP contribution in [-0.2, 0) is 13.6 Å². The van der Waals surface area contributed by atoms with Crippen LogP contribution in [0.5, 0.6) is 5.75 Å². The number of piperidine rings is 1. The number of nitrogens with zero attached hydrogens (tertiary/aromatic N) is 5. The fraction of sp³-hybridized carbons (Fsp3) is 0.423. The average Bonchev–Trinajstić information content (AvgIpc) is 3.57. The van der Waals surface area contributed by atoms with E-state index >= 15 is 0 Å². The number of rotatable bonds is 4. The maximum Gasteiger partial charge on any atom is 0.254 e. The quantitative estimate of drug-likeness (QED) is 0.506. The Morgan fingerprint density at radius 1 is 1.21 bits per heavy atom. The van der Waals surface area contributed by atoms with Gasteiger partial charge in [-0.25, -0.2) is 9.97 Å². The zero-order valence-corrected chi connectivity index (χ0v) is 20.1. The number of aryl methyl sites for hydroxylation is 3. The molecule has 8 heteroatoms. The van der Waals surface area contributed by atoms with Crippen LogP contribution < -0.4 is 10.5 Å². The van der Waals surface area contributed by atoms with Gasteiger partial charge in [0.15, 0.2) is 5.82 Å². The molecule has 2 N–H and O–H groups in total. The van der Waals surface area contributed by atoms with E-state index in [1.807, 2.05) is 41.6 Å². The molecular formula is C26H30N6O2. The van der Waals surface area contributed by atoms with Gasteiger partial charge in [-0.2, -0.15) is 0 Å². The topological polar surface area (TPSA) is 91.2 Å². The first-order valence-electron chi connectivity index (χ1n) is 12.0. The lowest BCUT2D eigenvalue weighted by Gasteiger charge is -2.27. The van der Waals surface area contributed by atoms with Crippen LogP contribution in [0, 0.1) is 12.8 Å². The number of amides is 1. The van der Waals surface area contributed by atoms with E-state index < -0.39 is 0 Å². The summed E-state index contributed by atoms with van der Waals surface area (Å²) in [6.07, 6.45) is 2.10. The van der Waals surface area contributed by atoms with Gasteiger partial charge in [0.2, 0.25) is 0 Å². The highest BCUT2D eigenvalue weighted by Gasteiger charge is 2.47. The lowest BCUT2D eigenvalue weighted by molar-refractivity contribution is 0.0700. The Morgan fingerprint density at radius 2 is 2.03 bits per heavy atom. The van der Waals surface area contributed by atoms with Crippen molar-refractivity contribution in [2.24, 2.45) is 18.7 Å². The number of ether oxygens (including phenoxy) is 1. The first-order chi connectivity index (χ1) is 16.4. The van der Waals surface area contributed by atoms with E-state index in [4.69, 9.17) is 20.4 Å². The van der Waals surface area contributed by atoms with Crippen molar-refractivity contribution in [3.8, 4) is 17.3 Å². The van der Waals surface area contributed by atoms with E-state index in [9.17, 15) is 4.79 Å². The molecule has 2 aliphatic rings. The van der Waals surface area contributed by atoms with Gasteiger partial charge in [-0.15, -0.1) is 0 Å².